The third-order valence-electron chi connectivity index (χ3n) is 4.79. The first-order valence-corrected chi connectivity index (χ1v) is 9.13. The predicted molar refractivity (Wildman–Crippen MR) is 101 cm³/mol. The van der Waals surface area contributed by atoms with Gasteiger partial charge in [0, 0.05) is 17.2 Å². The van der Waals surface area contributed by atoms with Crippen molar-refractivity contribution in [3.8, 4) is 34.0 Å². The highest BCUT2D eigenvalue weighted by atomic mass is 16.6. The molecule has 0 unspecified atom stereocenters. The van der Waals surface area contributed by atoms with Crippen LogP contribution in [0, 0.1) is 0 Å². The Morgan fingerprint density at radius 3 is 2.48 bits per heavy atom. The molecule has 2 aromatic carbocycles. The molecule has 1 saturated carbocycles. The Morgan fingerprint density at radius 1 is 0.963 bits per heavy atom. The summed E-state index contributed by atoms with van der Waals surface area (Å²) < 4.78 is 11.2. The maximum absolute atomic E-state index is 12.1. The molecule has 0 bridgehead atoms. The number of hydrogen-bond donors (Lipinski definition) is 2. The molecule has 2 aliphatic rings. The van der Waals surface area contributed by atoms with Crippen molar-refractivity contribution in [2.24, 2.45) is 0 Å². The topological polar surface area (TPSA) is 76.2 Å². The molecular weight excluding hydrogens is 342 g/mol. The van der Waals surface area contributed by atoms with Crippen LogP contribution in [0.5, 0.6) is 11.5 Å². The average Bonchev–Trinajstić information content (AvgIpc) is 3.39. The molecule has 1 fully saturated rings. The van der Waals surface area contributed by atoms with E-state index in [1.807, 2.05) is 48.5 Å². The Hall–Kier alpha value is -3.28. The fraction of sp³-hybridized carbons (Fsp3) is 0.238. The first-order valence-electron chi connectivity index (χ1n) is 9.13. The van der Waals surface area contributed by atoms with E-state index in [0.717, 1.165) is 46.9 Å². The van der Waals surface area contributed by atoms with Crippen LogP contribution in [0.15, 0.2) is 48.5 Å². The molecule has 27 heavy (non-hydrogen) atoms. The molecule has 1 aromatic heterocycles. The molecule has 6 heteroatoms. The highest BCUT2D eigenvalue weighted by molar-refractivity contribution is 5.95. The second-order valence-corrected chi connectivity index (χ2v) is 6.85. The van der Waals surface area contributed by atoms with Crippen LogP contribution in [0.25, 0.3) is 22.5 Å². The fourth-order valence-corrected chi connectivity index (χ4v) is 3.12. The van der Waals surface area contributed by atoms with Crippen molar-refractivity contribution in [3.63, 3.8) is 0 Å². The number of aromatic nitrogens is 2. The van der Waals surface area contributed by atoms with Gasteiger partial charge in [0.05, 0.1) is 11.4 Å². The number of nitrogens with zero attached hydrogens (tertiary/aromatic N) is 1. The zero-order valence-electron chi connectivity index (χ0n) is 14.7. The van der Waals surface area contributed by atoms with Crippen LogP contribution < -0.4 is 14.8 Å². The van der Waals surface area contributed by atoms with Crippen LogP contribution in [-0.2, 0) is 0 Å². The van der Waals surface area contributed by atoms with E-state index in [1.54, 1.807) is 0 Å². The number of carbonyl (C=O) groups is 1. The monoisotopic (exact) mass is 361 g/mol. The molecule has 5 rings (SSSR count). The van der Waals surface area contributed by atoms with Crippen molar-refractivity contribution in [3.05, 3.63) is 54.1 Å². The number of hydrogen-bond acceptors (Lipinski definition) is 4. The Morgan fingerprint density at radius 2 is 1.70 bits per heavy atom. The molecule has 136 valence electrons. The van der Waals surface area contributed by atoms with Crippen molar-refractivity contribution in [2.75, 3.05) is 13.2 Å². The maximum Gasteiger partial charge on any atom is 0.251 e. The van der Waals surface area contributed by atoms with Gasteiger partial charge in [0.15, 0.2) is 11.5 Å². The zero-order chi connectivity index (χ0) is 18.2. The predicted octanol–water partition coefficient (Wildman–Crippen LogP) is 3.41. The molecule has 0 saturated heterocycles. The normalized spacial score (nSPS) is 15.4. The second-order valence-electron chi connectivity index (χ2n) is 6.85. The van der Waals surface area contributed by atoms with Gasteiger partial charge in [0.2, 0.25) is 0 Å². The van der Waals surface area contributed by atoms with Crippen LogP contribution in [0.2, 0.25) is 0 Å². The van der Waals surface area contributed by atoms with Crippen molar-refractivity contribution in [2.45, 2.75) is 18.9 Å². The highest BCUT2D eigenvalue weighted by Crippen LogP contribution is 2.34. The van der Waals surface area contributed by atoms with Crippen LogP contribution >= 0.6 is 0 Å². The summed E-state index contributed by atoms with van der Waals surface area (Å²) in [4.78, 5) is 12.1. The average molecular weight is 361 g/mol. The van der Waals surface area contributed by atoms with Crippen molar-refractivity contribution in [1.82, 2.24) is 15.5 Å². The van der Waals surface area contributed by atoms with Crippen LogP contribution in [0.4, 0.5) is 0 Å². The lowest BCUT2D eigenvalue weighted by Crippen LogP contribution is -2.25. The van der Waals surface area contributed by atoms with Crippen molar-refractivity contribution >= 4 is 5.91 Å². The number of ether oxygens (including phenoxy) is 2. The lowest BCUT2D eigenvalue weighted by molar-refractivity contribution is 0.0951. The zero-order valence-corrected chi connectivity index (χ0v) is 14.7. The van der Waals surface area contributed by atoms with E-state index in [-0.39, 0.29) is 5.91 Å². The SMILES string of the molecule is O=C(NC1CC1)c1ccc(-c2cc(-c3ccc4c(c3)OCCO4)n[nH]2)cc1. The second kappa shape index (κ2) is 6.46. The molecule has 0 atom stereocenters. The summed E-state index contributed by atoms with van der Waals surface area (Å²) in [7, 11) is 0. The van der Waals surface area contributed by atoms with Crippen LogP contribution in [0.1, 0.15) is 23.2 Å². The van der Waals surface area contributed by atoms with E-state index in [1.165, 1.54) is 0 Å². The van der Waals surface area contributed by atoms with Crippen LogP contribution in [0.3, 0.4) is 0 Å². The smallest absolute Gasteiger partial charge is 0.251 e. The molecule has 0 spiro atoms. The summed E-state index contributed by atoms with van der Waals surface area (Å²) in [5.41, 5.74) is 4.35. The largest absolute Gasteiger partial charge is 0.486 e. The minimum atomic E-state index is -0.00868. The molecule has 6 nitrogen and oxygen atoms in total. The highest BCUT2D eigenvalue weighted by Gasteiger charge is 2.23. The van der Waals surface area contributed by atoms with Gasteiger partial charge in [-0.1, -0.05) is 12.1 Å². The fourth-order valence-electron chi connectivity index (χ4n) is 3.12. The summed E-state index contributed by atoms with van der Waals surface area (Å²) in [6.07, 6.45) is 2.17. The van der Waals surface area contributed by atoms with Gasteiger partial charge in [-0.3, -0.25) is 9.89 Å². The third-order valence-corrected chi connectivity index (χ3v) is 4.79. The summed E-state index contributed by atoms with van der Waals surface area (Å²) in [5, 5.41) is 10.5. The Bertz CT molecular complexity index is 990. The van der Waals surface area contributed by atoms with E-state index in [2.05, 4.69) is 15.5 Å². The molecule has 1 amide bonds. The molecule has 3 aromatic rings. The Balaban J connectivity index is 1.36. The molecule has 2 N–H and O–H groups in total. The van der Waals surface area contributed by atoms with Gasteiger partial charge in [0.25, 0.3) is 5.91 Å². The summed E-state index contributed by atoms with van der Waals surface area (Å²) in [6, 6.07) is 15.7. The van der Waals surface area contributed by atoms with Gasteiger partial charge < -0.3 is 14.8 Å². The number of amides is 1. The molecule has 0 radical (unpaired) electrons. The number of nitrogens with one attached hydrogen (secondary N) is 2. The number of benzene rings is 2. The number of H-pyrrole nitrogens is 1. The number of rotatable bonds is 4. The van der Waals surface area contributed by atoms with Gasteiger partial charge in [-0.25, -0.2) is 0 Å². The lowest BCUT2D eigenvalue weighted by atomic mass is 10.1. The van der Waals surface area contributed by atoms with E-state index >= 15 is 0 Å². The number of aromatic amines is 1. The van der Waals surface area contributed by atoms with E-state index in [4.69, 9.17) is 9.47 Å². The van der Waals surface area contributed by atoms with Gasteiger partial charge in [-0.2, -0.15) is 5.10 Å². The summed E-state index contributed by atoms with van der Waals surface area (Å²) >= 11 is 0. The van der Waals surface area contributed by atoms with Gasteiger partial charge in [0.1, 0.15) is 13.2 Å². The van der Waals surface area contributed by atoms with Crippen molar-refractivity contribution < 1.29 is 14.3 Å². The molecule has 1 aliphatic carbocycles. The number of fused-ring (bicyclic) bond motifs is 1. The molecule has 1 aliphatic heterocycles. The summed E-state index contributed by atoms with van der Waals surface area (Å²) in [5.74, 6) is 1.50. The van der Waals surface area contributed by atoms with Gasteiger partial charge in [-0.05, 0) is 54.8 Å². The third kappa shape index (κ3) is 3.26. The standard InChI is InChI=1S/C21H19N3O3/c25-21(22-16-6-7-16)14-3-1-13(2-4-14)17-12-18(24-23-17)15-5-8-19-20(11-15)27-10-9-26-19/h1-5,8,11-12,16H,6-7,9-10H2,(H,22,25)(H,23,24). The quantitative estimate of drug-likeness (QED) is 0.747. The van der Waals surface area contributed by atoms with Crippen LogP contribution in [-0.4, -0.2) is 35.4 Å². The first-order chi connectivity index (χ1) is 13.3. The molecular formula is C21H19N3O3. The van der Waals surface area contributed by atoms with E-state index in [0.29, 0.717) is 24.8 Å². The molecule has 2 heterocycles. The summed E-state index contributed by atoms with van der Waals surface area (Å²) in [6.45, 7) is 1.14. The van der Waals surface area contributed by atoms with E-state index in [9.17, 15) is 4.79 Å². The lowest BCUT2D eigenvalue weighted by Gasteiger charge is -2.18. The maximum atomic E-state index is 12.1. The minimum Gasteiger partial charge on any atom is -0.486 e. The van der Waals surface area contributed by atoms with Gasteiger partial charge >= 0.3 is 0 Å². The van der Waals surface area contributed by atoms with Crippen molar-refractivity contribution in [1.29, 1.82) is 0 Å². The number of carbonyl (C=O) groups excluding carboxylic acids is 1. The van der Waals surface area contributed by atoms with Gasteiger partial charge in [-0.15, -0.1) is 0 Å². The Labute approximate surface area is 156 Å². The van der Waals surface area contributed by atoms with E-state index < -0.39 is 0 Å². The first kappa shape index (κ1) is 15.9. The Kier molecular flexibility index (Phi) is 3.81. The minimum absolute atomic E-state index is 0.00868.